The minimum absolute atomic E-state index is 0.0310. The maximum atomic E-state index is 13.3. The van der Waals surface area contributed by atoms with Gasteiger partial charge in [-0.1, -0.05) is 25.1 Å². The Morgan fingerprint density at radius 1 is 1.39 bits per heavy atom. The summed E-state index contributed by atoms with van der Waals surface area (Å²) < 4.78 is 50.4. The molecule has 31 heavy (non-hydrogen) atoms. The molecule has 0 fully saturated rings. The molecule has 0 radical (unpaired) electrons. The normalized spacial score (nSPS) is 19.8. The van der Waals surface area contributed by atoms with Gasteiger partial charge in [0, 0.05) is 13.6 Å². The number of likely N-dealkylation sites (N-methyl/N-ethyl adjacent to an activating group) is 1. The first-order valence-corrected chi connectivity index (χ1v) is 9.70. The maximum absolute atomic E-state index is 13.3. The van der Waals surface area contributed by atoms with Crippen molar-refractivity contribution < 1.29 is 32.2 Å². The first-order chi connectivity index (χ1) is 14.7. The molecule has 0 bridgehead atoms. The van der Waals surface area contributed by atoms with E-state index in [9.17, 15) is 22.8 Å². The van der Waals surface area contributed by atoms with Gasteiger partial charge in [-0.05, 0) is 42.0 Å². The molecule has 0 aromatic heterocycles. The highest BCUT2D eigenvalue weighted by Crippen LogP contribution is 2.36. The van der Waals surface area contributed by atoms with Crippen LogP contribution in [0.4, 0.5) is 13.2 Å². The zero-order valence-corrected chi connectivity index (χ0v) is 17.3. The fourth-order valence-electron chi connectivity index (χ4n) is 3.45. The van der Waals surface area contributed by atoms with Crippen LogP contribution in [0.3, 0.4) is 0 Å². The lowest BCUT2D eigenvalue weighted by atomic mass is 9.94. The number of ketones is 1. The molecule has 1 aromatic carbocycles. The van der Waals surface area contributed by atoms with Crippen LogP contribution in [-0.2, 0) is 25.2 Å². The number of esters is 1. The summed E-state index contributed by atoms with van der Waals surface area (Å²) >= 11 is 0. The summed E-state index contributed by atoms with van der Waals surface area (Å²) in [5.41, 5.74) is -0.198. The van der Waals surface area contributed by atoms with Crippen molar-refractivity contribution in [2.45, 2.75) is 31.7 Å². The van der Waals surface area contributed by atoms with Crippen molar-refractivity contribution in [1.82, 2.24) is 10.2 Å². The van der Waals surface area contributed by atoms with E-state index in [1.165, 1.54) is 19.2 Å². The number of nitrogens with one attached hydrogen (secondary N) is 1. The highest BCUT2D eigenvalue weighted by Gasteiger charge is 2.41. The van der Waals surface area contributed by atoms with Crippen molar-refractivity contribution >= 4 is 17.3 Å². The SMILES string of the molecule is CCC(NC1=C(c2cccc(C(F)(F)F)c2)C(=O)C(C2=CC=CN(C)C2)O1)C(=O)OC. The molecule has 166 valence electrons. The fourth-order valence-corrected chi connectivity index (χ4v) is 3.45. The first kappa shape index (κ1) is 22.5. The standard InChI is InChI=1S/C22H23F3N2O4/c1-4-16(21(29)30-3)26-20-17(13-7-5-9-15(11-13)22(23,24)25)18(28)19(31-20)14-8-6-10-27(2)12-14/h5-11,16,19,26H,4,12H2,1-3H3. The molecule has 0 saturated heterocycles. The Labute approximate surface area is 178 Å². The molecular weight excluding hydrogens is 413 g/mol. The van der Waals surface area contributed by atoms with E-state index in [0.717, 1.165) is 12.1 Å². The average molecular weight is 436 g/mol. The third-order valence-electron chi connectivity index (χ3n) is 5.04. The van der Waals surface area contributed by atoms with Crippen molar-refractivity contribution in [2.75, 3.05) is 20.7 Å². The van der Waals surface area contributed by atoms with Crippen LogP contribution < -0.4 is 5.32 Å². The van der Waals surface area contributed by atoms with E-state index >= 15 is 0 Å². The van der Waals surface area contributed by atoms with E-state index in [1.54, 1.807) is 19.1 Å². The molecule has 2 aliphatic heterocycles. The van der Waals surface area contributed by atoms with Crippen molar-refractivity contribution in [3.05, 3.63) is 65.2 Å². The van der Waals surface area contributed by atoms with Crippen LogP contribution in [-0.4, -0.2) is 49.5 Å². The van der Waals surface area contributed by atoms with Gasteiger partial charge >= 0.3 is 12.1 Å². The number of carbonyl (C=O) groups excluding carboxylic acids is 2. The van der Waals surface area contributed by atoms with Crippen molar-refractivity contribution in [1.29, 1.82) is 0 Å². The number of carbonyl (C=O) groups is 2. The highest BCUT2D eigenvalue weighted by molar-refractivity contribution is 6.26. The van der Waals surface area contributed by atoms with Crippen LogP contribution in [0, 0.1) is 0 Å². The van der Waals surface area contributed by atoms with Crippen LogP contribution in [0.2, 0.25) is 0 Å². The summed E-state index contributed by atoms with van der Waals surface area (Å²) in [6, 6.07) is 3.66. The molecule has 2 heterocycles. The molecule has 0 saturated carbocycles. The van der Waals surface area contributed by atoms with Gasteiger partial charge in [0.2, 0.25) is 5.78 Å². The molecule has 2 unspecified atom stereocenters. The number of hydrogen-bond donors (Lipinski definition) is 1. The van der Waals surface area contributed by atoms with Gasteiger partial charge in [0.1, 0.15) is 6.04 Å². The summed E-state index contributed by atoms with van der Waals surface area (Å²) in [7, 11) is 3.06. The number of hydrogen-bond acceptors (Lipinski definition) is 6. The number of alkyl halides is 3. The van der Waals surface area contributed by atoms with Gasteiger partial charge in [-0.3, -0.25) is 4.79 Å². The molecule has 1 N–H and O–H groups in total. The quantitative estimate of drug-likeness (QED) is 0.691. The van der Waals surface area contributed by atoms with E-state index < -0.39 is 35.6 Å². The third kappa shape index (κ3) is 4.76. The van der Waals surface area contributed by atoms with Gasteiger partial charge in [-0.2, -0.15) is 13.2 Å². The summed E-state index contributed by atoms with van der Waals surface area (Å²) in [4.78, 5) is 27.2. The Hall–Kier alpha value is -3.23. The zero-order valence-electron chi connectivity index (χ0n) is 17.3. The largest absolute Gasteiger partial charge is 0.467 e. The number of benzene rings is 1. The summed E-state index contributed by atoms with van der Waals surface area (Å²) in [6.45, 7) is 2.15. The molecule has 0 amide bonds. The Kier molecular flexibility index (Phi) is 6.42. The van der Waals surface area contributed by atoms with Gasteiger partial charge in [-0.25, -0.2) is 4.79 Å². The number of methoxy groups -OCH3 is 1. The van der Waals surface area contributed by atoms with E-state index in [2.05, 4.69) is 5.32 Å². The van der Waals surface area contributed by atoms with Crippen molar-refractivity contribution in [3.63, 3.8) is 0 Å². The molecular formula is C22H23F3N2O4. The predicted molar refractivity (Wildman–Crippen MR) is 107 cm³/mol. The van der Waals surface area contributed by atoms with Crippen LogP contribution in [0.25, 0.3) is 5.57 Å². The fraction of sp³-hybridized carbons (Fsp3) is 0.364. The Morgan fingerprint density at radius 2 is 2.13 bits per heavy atom. The second-order valence-electron chi connectivity index (χ2n) is 7.27. The molecule has 1 aromatic rings. The third-order valence-corrected chi connectivity index (χ3v) is 5.04. The molecule has 6 nitrogen and oxygen atoms in total. The minimum Gasteiger partial charge on any atom is -0.467 e. The number of nitrogens with zero attached hydrogens (tertiary/aromatic N) is 1. The lowest BCUT2D eigenvalue weighted by Gasteiger charge is -2.24. The Morgan fingerprint density at radius 3 is 2.74 bits per heavy atom. The molecule has 2 atom stereocenters. The highest BCUT2D eigenvalue weighted by atomic mass is 19.4. The van der Waals surface area contributed by atoms with Gasteiger partial charge in [0.15, 0.2) is 12.0 Å². The molecule has 0 aliphatic carbocycles. The number of rotatable bonds is 6. The summed E-state index contributed by atoms with van der Waals surface area (Å²) in [5, 5.41) is 2.86. The number of Topliss-reactive ketones (excluding diaryl/α,β-unsaturated/α-hetero) is 1. The Bertz CT molecular complexity index is 966. The zero-order chi connectivity index (χ0) is 22.8. The smallest absolute Gasteiger partial charge is 0.416 e. The molecule has 0 spiro atoms. The van der Waals surface area contributed by atoms with Crippen LogP contribution in [0.15, 0.2) is 54.1 Å². The molecule has 3 rings (SSSR count). The van der Waals surface area contributed by atoms with Gasteiger partial charge in [0.05, 0.1) is 18.2 Å². The van der Waals surface area contributed by atoms with E-state index in [0.29, 0.717) is 18.5 Å². The van der Waals surface area contributed by atoms with Crippen LogP contribution in [0.1, 0.15) is 24.5 Å². The second-order valence-corrected chi connectivity index (χ2v) is 7.27. The lowest BCUT2D eigenvalue weighted by Crippen LogP contribution is -2.37. The van der Waals surface area contributed by atoms with Gasteiger partial charge in [0.25, 0.3) is 0 Å². The summed E-state index contributed by atoms with van der Waals surface area (Å²) in [6.07, 6.45) is 0.0788. The van der Waals surface area contributed by atoms with E-state index in [-0.39, 0.29) is 17.0 Å². The Balaban J connectivity index is 2.04. The predicted octanol–water partition coefficient (Wildman–Crippen LogP) is 3.27. The minimum atomic E-state index is -4.57. The van der Waals surface area contributed by atoms with Crippen LogP contribution >= 0.6 is 0 Å². The number of halogens is 3. The van der Waals surface area contributed by atoms with Crippen molar-refractivity contribution in [2.24, 2.45) is 0 Å². The molecule has 9 heteroatoms. The number of ether oxygens (including phenoxy) is 2. The van der Waals surface area contributed by atoms with E-state index in [4.69, 9.17) is 9.47 Å². The molecule has 2 aliphatic rings. The van der Waals surface area contributed by atoms with Crippen molar-refractivity contribution in [3.8, 4) is 0 Å². The van der Waals surface area contributed by atoms with E-state index in [1.807, 2.05) is 18.1 Å². The van der Waals surface area contributed by atoms with Gasteiger partial charge < -0.3 is 19.7 Å². The topological polar surface area (TPSA) is 67.9 Å². The maximum Gasteiger partial charge on any atom is 0.416 e. The number of allylic oxidation sites excluding steroid dienone is 2. The average Bonchev–Trinajstić information content (AvgIpc) is 3.06. The second kappa shape index (κ2) is 8.87. The first-order valence-electron chi connectivity index (χ1n) is 9.70. The lowest BCUT2D eigenvalue weighted by molar-refractivity contribution is -0.143. The monoisotopic (exact) mass is 436 g/mol. The van der Waals surface area contributed by atoms with Crippen LogP contribution in [0.5, 0.6) is 0 Å². The van der Waals surface area contributed by atoms with Gasteiger partial charge in [-0.15, -0.1) is 0 Å². The summed E-state index contributed by atoms with van der Waals surface area (Å²) in [5.74, 6) is -1.08.